The monoisotopic (exact) mass is 600 g/mol. The first-order valence-corrected chi connectivity index (χ1v) is 14.5. The van der Waals surface area contributed by atoms with E-state index < -0.39 is 67.6 Å². The van der Waals surface area contributed by atoms with Crippen molar-refractivity contribution in [2.75, 3.05) is 20.3 Å². The molecular formula is C27H36O11S2. The first-order chi connectivity index (χ1) is 19.1. The molecule has 2 fully saturated rings. The number of benzene rings is 1. The summed E-state index contributed by atoms with van der Waals surface area (Å²) in [7, 11) is 1.52. The number of thiophene rings is 2. The first kappa shape index (κ1) is 31.2. The Balaban J connectivity index is 0.000000259. The molecule has 0 bridgehead atoms. The lowest BCUT2D eigenvalue weighted by Gasteiger charge is -2.40. The second-order valence-electron chi connectivity index (χ2n) is 9.91. The Morgan fingerprint density at radius 1 is 0.800 bits per heavy atom. The Labute approximate surface area is 239 Å². The molecule has 13 heteroatoms. The van der Waals surface area contributed by atoms with E-state index in [0.29, 0.717) is 11.3 Å². The van der Waals surface area contributed by atoms with Crippen LogP contribution in [-0.2, 0) is 15.9 Å². The van der Waals surface area contributed by atoms with Gasteiger partial charge in [0.2, 0.25) is 0 Å². The summed E-state index contributed by atoms with van der Waals surface area (Å²) in [5.74, 6) is 0.514. The van der Waals surface area contributed by atoms with Gasteiger partial charge in [0.1, 0.15) is 60.7 Å². The average molecular weight is 601 g/mol. The van der Waals surface area contributed by atoms with Crippen LogP contribution in [0.3, 0.4) is 0 Å². The highest BCUT2D eigenvalue weighted by Gasteiger charge is 2.45. The number of hydrogen-bond acceptors (Lipinski definition) is 13. The number of aliphatic hydroxyl groups is 8. The van der Waals surface area contributed by atoms with Crippen LogP contribution in [0.2, 0.25) is 0 Å². The van der Waals surface area contributed by atoms with Crippen LogP contribution in [0, 0.1) is 0 Å². The zero-order valence-corrected chi connectivity index (χ0v) is 23.6. The molecule has 10 atom stereocenters. The zero-order chi connectivity index (χ0) is 29.1. The summed E-state index contributed by atoms with van der Waals surface area (Å²) >= 11 is 3.48. The van der Waals surface area contributed by atoms with Crippen molar-refractivity contribution in [3.63, 3.8) is 0 Å². The normalized spacial score (nSPS) is 34.4. The topological polar surface area (TPSA) is 190 Å². The summed E-state index contributed by atoms with van der Waals surface area (Å²) < 4.78 is 17.4. The molecule has 11 nitrogen and oxygen atoms in total. The second-order valence-corrected chi connectivity index (χ2v) is 12.2. The molecule has 0 unspecified atom stereocenters. The Morgan fingerprint density at radius 2 is 1.45 bits per heavy atom. The van der Waals surface area contributed by atoms with Gasteiger partial charge in [-0.3, -0.25) is 0 Å². The number of methoxy groups -OCH3 is 1. The largest absolute Gasteiger partial charge is 0.496 e. The van der Waals surface area contributed by atoms with Gasteiger partial charge < -0.3 is 55.1 Å². The van der Waals surface area contributed by atoms with E-state index in [1.807, 2.05) is 18.2 Å². The SMILES string of the molecule is COc1ccc(Cc2cc3ccsc3s2)cc1[C@@H]1O[C@H](CO)[C@@H](O)[C@H](O)[C@H]1O.C[C@@H]1O[C@H](CO)[C@@H](O)[C@H](O)[C@H]1O. The van der Waals surface area contributed by atoms with Gasteiger partial charge in [0.25, 0.3) is 0 Å². The minimum absolute atomic E-state index is 0.366. The molecule has 0 aliphatic carbocycles. The van der Waals surface area contributed by atoms with Crippen LogP contribution in [-0.4, -0.2) is 116 Å². The molecule has 0 radical (unpaired) electrons. The van der Waals surface area contributed by atoms with Gasteiger partial charge in [-0.15, -0.1) is 22.7 Å². The van der Waals surface area contributed by atoms with Gasteiger partial charge in [-0.05, 0) is 42.1 Å². The molecule has 1 aromatic carbocycles. The molecule has 2 saturated heterocycles. The summed E-state index contributed by atoms with van der Waals surface area (Å²) in [6, 6.07) is 9.93. The van der Waals surface area contributed by atoms with E-state index in [1.54, 1.807) is 29.6 Å². The van der Waals surface area contributed by atoms with Crippen molar-refractivity contribution in [1.82, 2.24) is 0 Å². The van der Waals surface area contributed by atoms with Crippen LogP contribution in [0.15, 0.2) is 35.7 Å². The van der Waals surface area contributed by atoms with E-state index in [4.69, 9.17) is 19.3 Å². The zero-order valence-electron chi connectivity index (χ0n) is 22.0. The number of rotatable bonds is 6. The molecule has 2 aromatic heterocycles. The van der Waals surface area contributed by atoms with Gasteiger partial charge in [-0.1, -0.05) is 6.07 Å². The third kappa shape index (κ3) is 6.51. The number of hydrogen-bond donors (Lipinski definition) is 8. The number of fused-ring (bicyclic) bond motifs is 1. The summed E-state index contributed by atoms with van der Waals surface area (Å²) in [6.07, 6.45) is -10.2. The van der Waals surface area contributed by atoms with E-state index in [-0.39, 0.29) is 6.61 Å². The Kier molecular flexibility index (Phi) is 10.5. The average Bonchev–Trinajstić information content (AvgIpc) is 3.55. The van der Waals surface area contributed by atoms with Crippen LogP contribution in [0.1, 0.15) is 29.0 Å². The van der Waals surface area contributed by atoms with E-state index in [2.05, 4.69) is 17.5 Å². The quantitative estimate of drug-likeness (QED) is 0.189. The van der Waals surface area contributed by atoms with Gasteiger partial charge in [0.15, 0.2) is 0 Å². The molecular weight excluding hydrogens is 564 g/mol. The highest BCUT2D eigenvalue weighted by Crippen LogP contribution is 2.38. The molecule has 0 spiro atoms. The number of aliphatic hydroxyl groups excluding tert-OH is 8. The van der Waals surface area contributed by atoms with Crippen molar-refractivity contribution >= 4 is 32.1 Å². The Hall–Kier alpha value is -1.72. The number of ether oxygens (including phenoxy) is 3. The van der Waals surface area contributed by atoms with Gasteiger partial charge in [0, 0.05) is 22.2 Å². The summed E-state index contributed by atoms with van der Waals surface area (Å²) in [6.45, 7) is 0.743. The first-order valence-electron chi connectivity index (χ1n) is 12.8. The van der Waals surface area contributed by atoms with Crippen molar-refractivity contribution in [2.24, 2.45) is 0 Å². The molecule has 2 aliphatic heterocycles. The fourth-order valence-corrected chi connectivity index (χ4v) is 7.06. The molecule has 40 heavy (non-hydrogen) atoms. The molecule has 222 valence electrons. The Morgan fingerprint density at radius 3 is 2.08 bits per heavy atom. The second kappa shape index (κ2) is 13.5. The maximum absolute atomic E-state index is 10.5. The summed E-state index contributed by atoms with van der Waals surface area (Å²) in [4.78, 5) is 1.23. The lowest BCUT2D eigenvalue weighted by molar-refractivity contribution is -0.232. The van der Waals surface area contributed by atoms with Crippen molar-refractivity contribution < 1.29 is 55.1 Å². The van der Waals surface area contributed by atoms with Crippen molar-refractivity contribution in [3.8, 4) is 5.75 Å². The van der Waals surface area contributed by atoms with Crippen LogP contribution in [0.4, 0.5) is 0 Å². The van der Waals surface area contributed by atoms with E-state index in [0.717, 1.165) is 12.0 Å². The van der Waals surface area contributed by atoms with Crippen LogP contribution in [0.25, 0.3) is 9.40 Å². The summed E-state index contributed by atoms with van der Waals surface area (Å²) in [5, 5.41) is 79.8. The lowest BCUT2D eigenvalue weighted by Crippen LogP contribution is -2.57. The van der Waals surface area contributed by atoms with Gasteiger partial charge in [0.05, 0.1) is 30.4 Å². The van der Waals surface area contributed by atoms with E-state index in [9.17, 15) is 35.7 Å². The minimum Gasteiger partial charge on any atom is -0.496 e. The van der Waals surface area contributed by atoms with Crippen molar-refractivity contribution in [1.29, 1.82) is 0 Å². The maximum atomic E-state index is 10.5. The lowest BCUT2D eigenvalue weighted by atomic mass is 9.90. The predicted molar refractivity (Wildman–Crippen MR) is 148 cm³/mol. The fourth-order valence-electron chi connectivity index (χ4n) is 4.87. The van der Waals surface area contributed by atoms with Crippen LogP contribution < -0.4 is 4.74 Å². The van der Waals surface area contributed by atoms with Crippen molar-refractivity contribution in [3.05, 3.63) is 51.7 Å². The van der Waals surface area contributed by atoms with Crippen LogP contribution in [0.5, 0.6) is 5.75 Å². The Bertz CT molecular complexity index is 1200. The highest BCUT2D eigenvalue weighted by atomic mass is 32.2. The fraction of sp³-hybridized carbons (Fsp3) is 0.556. The maximum Gasteiger partial charge on any atom is 0.124 e. The van der Waals surface area contributed by atoms with E-state index >= 15 is 0 Å². The smallest absolute Gasteiger partial charge is 0.124 e. The molecule has 3 aromatic rings. The summed E-state index contributed by atoms with van der Waals surface area (Å²) in [5.41, 5.74) is 1.59. The highest BCUT2D eigenvalue weighted by molar-refractivity contribution is 7.37. The van der Waals surface area contributed by atoms with Crippen LogP contribution >= 0.6 is 22.7 Å². The molecule has 8 N–H and O–H groups in total. The molecule has 0 amide bonds. The predicted octanol–water partition coefficient (Wildman–Crippen LogP) is -0.0742. The standard InChI is InChI=1S/C20H22O6S2.C7H14O5/c1-25-14-3-2-10(6-12-8-11-4-5-27-20(11)28-12)7-13(14)19-18(24)17(23)16(22)15(9-21)26-19;1-3-5(9)7(11)6(10)4(2-8)12-3/h2-5,7-8,15-19,21-24H,6,9H2,1H3;3-11H,2H2,1H3/t15-,16-,17+,18-,19+;3-,4+,5-,6+,7+/m10/s1. The van der Waals surface area contributed by atoms with Gasteiger partial charge in [-0.25, -0.2) is 0 Å². The molecule has 0 saturated carbocycles. The third-order valence-electron chi connectivity index (χ3n) is 7.20. The minimum atomic E-state index is -1.42. The molecule has 4 heterocycles. The van der Waals surface area contributed by atoms with E-state index in [1.165, 1.54) is 21.4 Å². The van der Waals surface area contributed by atoms with Gasteiger partial charge >= 0.3 is 0 Å². The molecule has 2 aliphatic rings. The van der Waals surface area contributed by atoms with Crippen molar-refractivity contribution in [2.45, 2.75) is 74.4 Å². The molecule has 5 rings (SSSR count). The van der Waals surface area contributed by atoms with Gasteiger partial charge in [-0.2, -0.15) is 0 Å². The third-order valence-corrected chi connectivity index (χ3v) is 9.41.